The van der Waals surface area contributed by atoms with Gasteiger partial charge in [0.15, 0.2) is 6.29 Å². The molecule has 0 saturated carbocycles. The molecule has 16 heavy (non-hydrogen) atoms. The predicted molar refractivity (Wildman–Crippen MR) is 62.7 cm³/mol. The highest BCUT2D eigenvalue weighted by Crippen LogP contribution is 2.26. The molecule has 0 unspecified atom stereocenters. The summed E-state index contributed by atoms with van der Waals surface area (Å²) in [6.45, 7) is 0. The van der Waals surface area contributed by atoms with Crippen molar-refractivity contribution in [2.75, 3.05) is 0 Å². The van der Waals surface area contributed by atoms with Gasteiger partial charge in [-0.2, -0.15) is 0 Å². The Labute approximate surface area is 100 Å². The van der Waals surface area contributed by atoms with Crippen molar-refractivity contribution in [2.45, 2.75) is 0 Å². The highest BCUT2D eigenvalue weighted by atomic mass is 79.9. The molecule has 0 amide bonds. The lowest BCUT2D eigenvalue weighted by Gasteiger charge is -2.03. The van der Waals surface area contributed by atoms with Crippen LogP contribution in [0.15, 0.2) is 41.0 Å². The summed E-state index contributed by atoms with van der Waals surface area (Å²) < 4.78 is 14.1. The van der Waals surface area contributed by atoms with Crippen LogP contribution < -0.4 is 0 Å². The lowest BCUT2D eigenvalue weighted by molar-refractivity contribution is 0.112. The van der Waals surface area contributed by atoms with Crippen molar-refractivity contribution in [3.63, 3.8) is 0 Å². The van der Waals surface area contributed by atoms with Gasteiger partial charge in [0.1, 0.15) is 5.82 Å². The number of aromatic nitrogens is 1. The Bertz CT molecular complexity index is 525. The second kappa shape index (κ2) is 4.53. The molecule has 0 radical (unpaired) electrons. The third-order valence-corrected chi connectivity index (χ3v) is 2.76. The Morgan fingerprint density at radius 3 is 2.69 bits per heavy atom. The van der Waals surface area contributed by atoms with E-state index >= 15 is 0 Å². The monoisotopic (exact) mass is 279 g/mol. The van der Waals surface area contributed by atoms with Crippen LogP contribution in [0.5, 0.6) is 0 Å². The van der Waals surface area contributed by atoms with Crippen LogP contribution in [0.25, 0.3) is 11.3 Å². The van der Waals surface area contributed by atoms with E-state index in [0.29, 0.717) is 27.6 Å². The molecule has 2 rings (SSSR count). The fraction of sp³-hybridized carbons (Fsp3) is 0. The van der Waals surface area contributed by atoms with Crippen LogP contribution in [0.4, 0.5) is 4.39 Å². The zero-order valence-electron chi connectivity index (χ0n) is 8.15. The van der Waals surface area contributed by atoms with Gasteiger partial charge >= 0.3 is 0 Å². The number of aldehydes is 1. The van der Waals surface area contributed by atoms with Gasteiger partial charge in [0.05, 0.1) is 10.2 Å². The molecule has 0 spiro atoms. The van der Waals surface area contributed by atoms with Gasteiger partial charge < -0.3 is 0 Å². The molecule has 2 aromatic rings. The lowest BCUT2D eigenvalue weighted by atomic mass is 10.1. The van der Waals surface area contributed by atoms with Crippen LogP contribution in [0, 0.1) is 5.82 Å². The molecule has 0 aliphatic rings. The van der Waals surface area contributed by atoms with E-state index < -0.39 is 0 Å². The first-order valence-corrected chi connectivity index (χ1v) is 5.37. The Hall–Kier alpha value is -1.55. The highest BCUT2D eigenvalue weighted by molar-refractivity contribution is 9.10. The first-order chi connectivity index (χ1) is 7.72. The molecule has 0 aliphatic heterocycles. The minimum Gasteiger partial charge on any atom is -0.298 e. The molecule has 2 nitrogen and oxygen atoms in total. The molecule has 0 fully saturated rings. The van der Waals surface area contributed by atoms with Gasteiger partial charge in [-0.05, 0) is 40.2 Å². The molecule has 0 saturated heterocycles. The normalized spacial score (nSPS) is 10.1. The number of hydrogen-bond donors (Lipinski definition) is 0. The number of carbonyl (C=O) groups excluding carboxylic acids is 1. The van der Waals surface area contributed by atoms with Gasteiger partial charge in [0, 0.05) is 17.3 Å². The Balaban J connectivity index is 2.50. The third-order valence-electron chi connectivity index (χ3n) is 2.15. The molecule has 0 aliphatic carbocycles. The fourth-order valence-corrected chi connectivity index (χ4v) is 1.70. The van der Waals surface area contributed by atoms with Gasteiger partial charge in [-0.25, -0.2) is 4.39 Å². The van der Waals surface area contributed by atoms with Crippen molar-refractivity contribution in [3.05, 3.63) is 52.4 Å². The summed E-state index contributed by atoms with van der Waals surface area (Å²) in [5, 5.41) is 0. The summed E-state index contributed by atoms with van der Waals surface area (Å²) in [7, 11) is 0. The molecule has 1 heterocycles. The van der Waals surface area contributed by atoms with Crippen molar-refractivity contribution in [1.29, 1.82) is 0 Å². The number of carbonyl (C=O) groups is 1. The third kappa shape index (κ3) is 2.02. The largest absolute Gasteiger partial charge is 0.298 e. The maximum absolute atomic E-state index is 13.7. The summed E-state index contributed by atoms with van der Waals surface area (Å²) in [5.74, 6) is -0.353. The molecular weight excluding hydrogens is 273 g/mol. The zero-order valence-corrected chi connectivity index (χ0v) is 9.74. The van der Waals surface area contributed by atoms with Crippen LogP contribution in [-0.4, -0.2) is 11.3 Å². The predicted octanol–water partition coefficient (Wildman–Crippen LogP) is 3.46. The molecule has 1 aromatic carbocycles. The van der Waals surface area contributed by atoms with Crippen molar-refractivity contribution >= 4 is 22.2 Å². The number of rotatable bonds is 2. The van der Waals surface area contributed by atoms with E-state index in [1.807, 2.05) is 0 Å². The van der Waals surface area contributed by atoms with Gasteiger partial charge in [-0.3, -0.25) is 9.78 Å². The standard InChI is InChI=1S/C12H7BrFNO/c13-10-3-1-2-9(12(10)14)11-5-4-8(7-16)6-15-11/h1-7H. The first kappa shape index (κ1) is 11.0. The summed E-state index contributed by atoms with van der Waals surface area (Å²) >= 11 is 3.11. The second-order valence-electron chi connectivity index (χ2n) is 3.20. The molecule has 1 aromatic heterocycles. The molecule has 0 N–H and O–H groups in total. The van der Waals surface area contributed by atoms with E-state index in [0.717, 1.165) is 0 Å². The highest BCUT2D eigenvalue weighted by Gasteiger charge is 2.08. The topological polar surface area (TPSA) is 30.0 Å². The van der Waals surface area contributed by atoms with Crippen molar-refractivity contribution in [2.24, 2.45) is 0 Å². The van der Waals surface area contributed by atoms with E-state index in [4.69, 9.17) is 0 Å². The Morgan fingerprint density at radius 2 is 2.06 bits per heavy atom. The Kier molecular flexibility index (Phi) is 3.10. The van der Waals surface area contributed by atoms with Crippen molar-refractivity contribution in [3.8, 4) is 11.3 Å². The molecular formula is C12H7BrFNO. The fourth-order valence-electron chi connectivity index (χ4n) is 1.34. The summed E-state index contributed by atoms with van der Waals surface area (Å²) in [5.41, 5.74) is 1.38. The number of nitrogens with zero attached hydrogens (tertiary/aromatic N) is 1. The zero-order chi connectivity index (χ0) is 11.5. The maximum atomic E-state index is 13.7. The summed E-state index contributed by atoms with van der Waals surface area (Å²) in [6.07, 6.45) is 2.12. The molecule has 4 heteroatoms. The Morgan fingerprint density at radius 1 is 1.25 bits per heavy atom. The summed E-state index contributed by atoms with van der Waals surface area (Å²) in [6, 6.07) is 8.23. The molecule has 80 valence electrons. The average molecular weight is 280 g/mol. The number of pyridine rings is 1. The lowest BCUT2D eigenvalue weighted by Crippen LogP contribution is -1.90. The van der Waals surface area contributed by atoms with E-state index in [2.05, 4.69) is 20.9 Å². The van der Waals surface area contributed by atoms with Crippen molar-refractivity contribution in [1.82, 2.24) is 4.98 Å². The van der Waals surface area contributed by atoms with Crippen LogP contribution in [0.2, 0.25) is 0 Å². The molecule has 0 atom stereocenters. The van der Waals surface area contributed by atoms with Gasteiger partial charge in [0.2, 0.25) is 0 Å². The van der Waals surface area contributed by atoms with Gasteiger partial charge in [-0.1, -0.05) is 6.07 Å². The van der Waals surface area contributed by atoms with E-state index in [-0.39, 0.29) is 5.82 Å². The van der Waals surface area contributed by atoms with Gasteiger partial charge in [-0.15, -0.1) is 0 Å². The smallest absolute Gasteiger partial charge is 0.151 e. The first-order valence-electron chi connectivity index (χ1n) is 4.58. The quantitative estimate of drug-likeness (QED) is 0.788. The van der Waals surface area contributed by atoms with Crippen LogP contribution in [0.1, 0.15) is 10.4 Å². The van der Waals surface area contributed by atoms with E-state index in [9.17, 15) is 9.18 Å². The van der Waals surface area contributed by atoms with Crippen LogP contribution in [-0.2, 0) is 0 Å². The van der Waals surface area contributed by atoms with E-state index in [1.165, 1.54) is 6.20 Å². The second-order valence-corrected chi connectivity index (χ2v) is 4.05. The minimum atomic E-state index is -0.353. The number of benzene rings is 1. The minimum absolute atomic E-state index is 0.353. The van der Waals surface area contributed by atoms with Crippen LogP contribution >= 0.6 is 15.9 Å². The summed E-state index contributed by atoms with van der Waals surface area (Å²) in [4.78, 5) is 14.5. The van der Waals surface area contributed by atoms with Crippen molar-refractivity contribution < 1.29 is 9.18 Å². The maximum Gasteiger partial charge on any atom is 0.151 e. The SMILES string of the molecule is O=Cc1ccc(-c2cccc(Br)c2F)nc1. The van der Waals surface area contributed by atoms with Crippen LogP contribution in [0.3, 0.4) is 0 Å². The van der Waals surface area contributed by atoms with E-state index in [1.54, 1.807) is 30.3 Å². The molecule has 0 bridgehead atoms. The average Bonchev–Trinajstić information content (AvgIpc) is 2.33. The van der Waals surface area contributed by atoms with Gasteiger partial charge in [0.25, 0.3) is 0 Å². The number of halogens is 2. The number of hydrogen-bond acceptors (Lipinski definition) is 2.